The van der Waals surface area contributed by atoms with Crippen LogP contribution in [0.3, 0.4) is 0 Å². The van der Waals surface area contributed by atoms with Crippen molar-refractivity contribution in [2.75, 3.05) is 26.2 Å². The molecule has 4 rings (SSSR count). The zero-order chi connectivity index (χ0) is 15.8. The van der Waals surface area contributed by atoms with Gasteiger partial charge in [0, 0.05) is 25.2 Å². The molecule has 2 amide bonds. The van der Waals surface area contributed by atoms with Crippen molar-refractivity contribution in [3.05, 3.63) is 42.2 Å². The van der Waals surface area contributed by atoms with E-state index in [9.17, 15) is 9.59 Å². The molecule has 0 N–H and O–H groups in total. The fraction of sp³-hybridized carbons (Fsp3) is 0.312. The van der Waals surface area contributed by atoms with E-state index in [0.29, 0.717) is 37.5 Å². The number of carbonyl (C=O) groups excluding carboxylic acids is 2. The maximum absolute atomic E-state index is 12.8. The van der Waals surface area contributed by atoms with Gasteiger partial charge in [-0.2, -0.15) is 0 Å². The second kappa shape index (κ2) is 5.42. The summed E-state index contributed by atoms with van der Waals surface area (Å²) < 4.78 is 10.1. The van der Waals surface area contributed by atoms with E-state index >= 15 is 0 Å². The highest BCUT2D eigenvalue weighted by Crippen LogP contribution is 2.25. The Labute approximate surface area is 132 Å². The van der Waals surface area contributed by atoms with Crippen molar-refractivity contribution >= 4 is 12.0 Å². The highest BCUT2D eigenvalue weighted by atomic mass is 16.6. The molecule has 2 aliphatic rings. The molecule has 1 aromatic carbocycles. The molecular weight excluding hydrogens is 298 g/mol. The molecule has 7 heteroatoms. The predicted octanol–water partition coefficient (Wildman–Crippen LogP) is 1.62. The van der Waals surface area contributed by atoms with Gasteiger partial charge in [-0.25, -0.2) is 4.79 Å². The van der Waals surface area contributed by atoms with Crippen molar-refractivity contribution in [1.82, 2.24) is 15.0 Å². The van der Waals surface area contributed by atoms with Crippen molar-refractivity contribution in [1.29, 1.82) is 0 Å². The number of nitrogens with zero attached hydrogens (tertiary/aromatic N) is 3. The van der Waals surface area contributed by atoms with Gasteiger partial charge < -0.3 is 14.2 Å². The Morgan fingerprint density at radius 3 is 2.87 bits per heavy atom. The van der Waals surface area contributed by atoms with Crippen molar-refractivity contribution in [2.24, 2.45) is 0 Å². The summed E-state index contributed by atoms with van der Waals surface area (Å²) in [5, 5.41) is 3.97. The summed E-state index contributed by atoms with van der Waals surface area (Å²) in [5.41, 5.74) is 1.81. The van der Waals surface area contributed by atoms with E-state index in [4.69, 9.17) is 9.26 Å². The highest BCUT2D eigenvalue weighted by Gasteiger charge is 2.39. The van der Waals surface area contributed by atoms with E-state index in [0.717, 1.165) is 5.56 Å². The van der Waals surface area contributed by atoms with Gasteiger partial charge in [0.05, 0.1) is 6.04 Å². The summed E-state index contributed by atoms with van der Waals surface area (Å²) in [6, 6.07) is 9.38. The van der Waals surface area contributed by atoms with E-state index in [-0.39, 0.29) is 18.0 Å². The number of amides is 2. The molecule has 118 valence electrons. The molecule has 0 aliphatic carbocycles. The van der Waals surface area contributed by atoms with Crippen LogP contribution in [0.25, 0.3) is 11.3 Å². The quantitative estimate of drug-likeness (QED) is 0.842. The minimum atomic E-state index is -0.294. The van der Waals surface area contributed by atoms with Crippen LogP contribution in [0.15, 0.2) is 41.1 Å². The van der Waals surface area contributed by atoms with E-state index in [1.54, 1.807) is 9.80 Å². The second-order valence-corrected chi connectivity index (χ2v) is 5.62. The Bertz CT molecular complexity index is 743. The molecule has 2 fully saturated rings. The standard InChI is InChI=1S/C16H15N3O4/c20-15(18-6-7-19-12(8-18)9-22-16(19)21)13-10-23-17-14(13)11-4-2-1-3-5-11/h1-5,10,12H,6-9H2/t12-/m0/s1. The minimum absolute atomic E-state index is 0.0692. The average molecular weight is 313 g/mol. The van der Waals surface area contributed by atoms with Gasteiger partial charge >= 0.3 is 6.09 Å². The lowest BCUT2D eigenvalue weighted by atomic mass is 10.1. The number of benzene rings is 1. The Kier molecular flexibility index (Phi) is 3.25. The molecule has 1 atom stereocenters. The lowest BCUT2D eigenvalue weighted by Gasteiger charge is -2.35. The normalized spacial score (nSPS) is 20.3. The highest BCUT2D eigenvalue weighted by molar-refractivity contribution is 5.99. The van der Waals surface area contributed by atoms with Gasteiger partial charge in [-0.3, -0.25) is 9.69 Å². The monoisotopic (exact) mass is 313 g/mol. The second-order valence-electron chi connectivity index (χ2n) is 5.62. The van der Waals surface area contributed by atoms with Crippen LogP contribution in [0.4, 0.5) is 4.79 Å². The topological polar surface area (TPSA) is 75.9 Å². The first-order chi connectivity index (χ1) is 11.2. The number of carbonyl (C=O) groups is 2. The summed E-state index contributed by atoms with van der Waals surface area (Å²) in [5.74, 6) is -0.135. The fourth-order valence-electron chi connectivity index (χ4n) is 3.04. The van der Waals surface area contributed by atoms with Gasteiger partial charge in [-0.1, -0.05) is 35.5 Å². The molecule has 0 radical (unpaired) electrons. The molecule has 3 heterocycles. The zero-order valence-corrected chi connectivity index (χ0v) is 12.3. The summed E-state index contributed by atoms with van der Waals surface area (Å²) in [4.78, 5) is 27.7. The third-order valence-electron chi connectivity index (χ3n) is 4.25. The maximum Gasteiger partial charge on any atom is 0.410 e. The van der Waals surface area contributed by atoms with Gasteiger partial charge in [0.1, 0.15) is 24.1 Å². The fourth-order valence-corrected chi connectivity index (χ4v) is 3.04. The number of cyclic esters (lactones) is 1. The number of hydrogen-bond acceptors (Lipinski definition) is 5. The molecule has 1 aromatic heterocycles. The third kappa shape index (κ3) is 2.34. The third-order valence-corrected chi connectivity index (χ3v) is 4.25. The molecule has 0 unspecified atom stereocenters. The molecule has 7 nitrogen and oxygen atoms in total. The number of rotatable bonds is 2. The van der Waals surface area contributed by atoms with Gasteiger partial charge in [0.25, 0.3) is 5.91 Å². The van der Waals surface area contributed by atoms with Crippen LogP contribution in [-0.2, 0) is 4.74 Å². The van der Waals surface area contributed by atoms with E-state index in [2.05, 4.69) is 5.16 Å². The first kappa shape index (κ1) is 13.8. The van der Waals surface area contributed by atoms with Crippen molar-refractivity contribution in [3.63, 3.8) is 0 Å². The summed E-state index contributed by atoms with van der Waals surface area (Å²) in [6.07, 6.45) is 1.09. The molecule has 0 saturated carbocycles. The number of ether oxygens (including phenoxy) is 1. The molecule has 0 spiro atoms. The summed E-state index contributed by atoms with van der Waals surface area (Å²) >= 11 is 0. The van der Waals surface area contributed by atoms with Crippen LogP contribution in [0.2, 0.25) is 0 Å². The van der Waals surface area contributed by atoms with E-state index in [1.807, 2.05) is 30.3 Å². The molecule has 2 saturated heterocycles. The van der Waals surface area contributed by atoms with Gasteiger partial charge in [0.15, 0.2) is 0 Å². The average Bonchev–Trinajstić information content (AvgIpc) is 3.22. The number of piperazine rings is 1. The number of aromatic nitrogens is 1. The summed E-state index contributed by atoms with van der Waals surface area (Å²) in [6.45, 7) is 1.76. The van der Waals surface area contributed by atoms with Crippen LogP contribution in [-0.4, -0.2) is 59.2 Å². The van der Waals surface area contributed by atoms with E-state index < -0.39 is 0 Å². The molecular formula is C16H15N3O4. The van der Waals surface area contributed by atoms with Crippen LogP contribution >= 0.6 is 0 Å². The van der Waals surface area contributed by atoms with Gasteiger partial charge in [-0.15, -0.1) is 0 Å². The molecule has 23 heavy (non-hydrogen) atoms. The Hall–Kier alpha value is -2.83. The lowest BCUT2D eigenvalue weighted by molar-refractivity contribution is 0.0617. The lowest BCUT2D eigenvalue weighted by Crippen LogP contribution is -2.53. The van der Waals surface area contributed by atoms with Gasteiger partial charge in [-0.05, 0) is 0 Å². The Balaban J connectivity index is 1.57. The first-order valence-electron chi connectivity index (χ1n) is 7.46. The zero-order valence-electron chi connectivity index (χ0n) is 12.3. The van der Waals surface area contributed by atoms with Crippen LogP contribution < -0.4 is 0 Å². The predicted molar refractivity (Wildman–Crippen MR) is 79.7 cm³/mol. The number of hydrogen-bond donors (Lipinski definition) is 0. The van der Waals surface area contributed by atoms with Crippen molar-refractivity contribution < 1.29 is 18.8 Å². The summed E-state index contributed by atoms with van der Waals surface area (Å²) in [7, 11) is 0. The van der Waals surface area contributed by atoms with E-state index in [1.165, 1.54) is 6.26 Å². The SMILES string of the molecule is O=C(c1conc1-c1ccccc1)N1CCN2C(=O)OC[C@@H]2C1. The minimum Gasteiger partial charge on any atom is -0.447 e. The van der Waals surface area contributed by atoms with Crippen LogP contribution in [0.5, 0.6) is 0 Å². The van der Waals surface area contributed by atoms with Crippen LogP contribution in [0, 0.1) is 0 Å². The molecule has 2 aliphatic heterocycles. The van der Waals surface area contributed by atoms with Crippen molar-refractivity contribution in [3.8, 4) is 11.3 Å². The van der Waals surface area contributed by atoms with Crippen molar-refractivity contribution in [2.45, 2.75) is 6.04 Å². The molecule has 2 aromatic rings. The number of fused-ring (bicyclic) bond motifs is 1. The Morgan fingerprint density at radius 1 is 1.22 bits per heavy atom. The Morgan fingerprint density at radius 2 is 2.04 bits per heavy atom. The molecule has 0 bridgehead atoms. The van der Waals surface area contributed by atoms with Crippen LogP contribution in [0.1, 0.15) is 10.4 Å². The van der Waals surface area contributed by atoms with Gasteiger partial charge in [0.2, 0.25) is 0 Å². The largest absolute Gasteiger partial charge is 0.447 e. The first-order valence-corrected chi connectivity index (χ1v) is 7.46. The maximum atomic E-state index is 12.8. The smallest absolute Gasteiger partial charge is 0.410 e.